The van der Waals surface area contributed by atoms with E-state index in [9.17, 15) is 9.90 Å². The monoisotopic (exact) mass is 333 g/mol. The molecule has 0 aliphatic heterocycles. The van der Waals surface area contributed by atoms with Crippen molar-refractivity contribution in [2.75, 3.05) is 5.32 Å². The smallest absolute Gasteiger partial charge is 0.226 e. The number of anilines is 1. The van der Waals surface area contributed by atoms with Gasteiger partial charge in [-0.3, -0.25) is 4.79 Å². The minimum absolute atomic E-state index is 0.0122. The highest BCUT2D eigenvalue weighted by atomic mass is 32.1. The van der Waals surface area contributed by atoms with Gasteiger partial charge in [0.1, 0.15) is 11.9 Å². The van der Waals surface area contributed by atoms with E-state index >= 15 is 0 Å². The highest BCUT2D eigenvalue weighted by Crippen LogP contribution is 2.27. The summed E-state index contributed by atoms with van der Waals surface area (Å²) in [4.78, 5) is 22.0. The number of carbonyl (C=O) groups excluding carboxylic acids is 1. The van der Waals surface area contributed by atoms with Gasteiger partial charge in [-0.15, -0.1) is 22.7 Å². The van der Waals surface area contributed by atoms with Gasteiger partial charge in [0.2, 0.25) is 11.7 Å². The maximum atomic E-state index is 12.6. The number of thiophene rings is 2. The lowest BCUT2D eigenvalue weighted by molar-refractivity contribution is 0.103. The van der Waals surface area contributed by atoms with Gasteiger partial charge in [0, 0.05) is 0 Å². The van der Waals surface area contributed by atoms with Crippen molar-refractivity contribution in [3.8, 4) is 0 Å². The minimum Gasteiger partial charge on any atom is -0.373 e. The van der Waals surface area contributed by atoms with Crippen LogP contribution in [-0.2, 0) is 0 Å². The molecule has 0 aromatic carbocycles. The Kier molecular flexibility index (Phi) is 4.19. The number of aliphatic hydroxyl groups excluding tert-OH is 1. The highest BCUT2D eigenvalue weighted by molar-refractivity contribution is 7.17. The van der Waals surface area contributed by atoms with Gasteiger partial charge >= 0.3 is 0 Å². The van der Waals surface area contributed by atoms with Crippen molar-refractivity contribution in [3.05, 3.63) is 39.5 Å². The van der Waals surface area contributed by atoms with Gasteiger partial charge in [0.05, 0.1) is 15.1 Å². The number of rotatable bonds is 5. The molecule has 0 amide bonds. The molecule has 1 atom stereocenters. The van der Waals surface area contributed by atoms with E-state index in [1.807, 2.05) is 36.7 Å². The molecular formula is C15H15N3O2S2. The Labute approximate surface area is 135 Å². The van der Waals surface area contributed by atoms with Crippen LogP contribution in [0.4, 0.5) is 5.95 Å². The first-order chi connectivity index (χ1) is 10.6. The van der Waals surface area contributed by atoms with Gasteiger partial charge in [-0.1, -0.05) is 19.9 Å². The molecule has 3 heterocycles. The van der Waals surface area contributed by atoms with E-state index in [-0.39, 0.29) is 17.6 Å². The number of carbonyl (C=O) groups is 1. The summed E-state index contributed by atoms with van der Waals surface area (Å²) in [5, 5.41) is 16.5. The van der Waals surface area contributed by atoms with E-state index in [4.69, 9.17) is 0 Å². The van der Waals surface area contributed by atoms with Crippen LogP contribution in [-0.4, -0.2) is 27.1 Å². The van der Waals surface area contributed by atoms with Gasteiger partial charge in [0.15, 0.2) is 0 Å². The zero-order valence-corrected chi connectivity index (χ0v) is 13.7. The second kappa shape index (κ2) is 6.12. The normalized spacial score (nSPS) is 12.7. The van der Waals surface area contributed by atoms with Gasteiger partial charge in [-0.05, 0) is 28.8 Å². The summed E-state index contributed by atoms with van der Waals surface area (Å²) in [5.41, 5.74) is 1.08. The Balaban J connectivity index is 2.04. The second-order valence-corrected chi connectivity index (χ2v) is 7.03. The Morgan fingerprint density at radius 1 is 1.23 bits per heavy atom. The Morgan fingerprint density at radius 2 is 2.05 bits per heavy atom. The Hall–Kier alpha value is -1.83. The summed E-state index contributed by atoms with van der Waals surface area (Å²) in [6, 6.07) is 5.47. The molecule has 7 heteroatoms. The van der Waals surface area contributed by atoms with E-state index in [1.165, 1.54) is 22.7 Å². The third-order valence-electron chi connectivity index (χ3n) is 3.17. The number of aromatic nitrogens is 2. The number of hydrogen-bond donors (Lipinski definition) is 2. The third kappa shape index (κ3) is 2.87. The lowest BCUT2D eigenvalue weighted by atomic mass is 10.2. The molecule has 0 bridgehead atoms. The molecule has 0 saturated carbocycles. The fourth-order valence-corrected chi connectivity index (χ4v) is 3.39. The first-order valence-electron chi connectivity index (χ1n) is 6.84. The average molecular weight is 333 g/mol. The minimum atomic E-state index is -0.763. The summed E-state index contributed by atoms with van der Waals surface area (Å²) in [5.74, 6) is 0.164. The number of nitrogens with zero attached hydrogens (tertiary/aromatic N) is 2. The van der Waals surface area contributed by atoms with Gasteiger partial charge in [-0.25, -0.2) is 9.97 Å². The lowest BCUT2D eigenvalue weighted by Gasteiger charge is -2.16. The Morgan fingerprint density at radius 3 is 2.73 bits per heavy atom. The van der Waals surface area contributed by atoms with Crippen LogP contribution < -0.4 is 5.32 Å². The number of aliphatic hydroxyl groups is 1. The SMILES string of the molecule is CC(C)C(O)Nc1nc(C(=O)c2cccs2)c2sccc2n1. The highest BCUT2D eigenvalue weighted by Gasteiger charge is 2.20. The molecule has 22 heavy (non-hydrogen) atoms. The summed E-state index contributed by atoms with van der Waals surface area (Å²) < 4.78 is 0.767. The van der Waals surface area contributed by atoms with Crippen molar-refractivity contribution in [1.82, 2.24) is 9.97 Å². The molecule has 0 fully saturated rings. The van der Waals surface area contributed by atoms with E-state index in [1.54, 1.807) is 6.07 Å². The molecule has 0 saturated heterocycles. The lowest BCUT2D eigenvalue weighted by Crippen LogP contribution is -2.26. The Bertz CT molecular complexity index is 796. The zero-order chi connectivity index (χ0) is 15.7. The first-order valence-corrected chi connectivity index (χ1v) is 8.60. The third-order valence-corrected chi connectivity index (χ3v) is 4.95. The maximum absolute atomic E-state index is 12.6. The molecule has 1 unspecified atom stereocenters. The van der Waals surface area contributed by atoms with Gasteiger partial charge in [-0.2, -0.15) is 0 Å². The topological polar surface area (TPSA) is 75.1 Å². The summed E-state index contributed by atoms with van der Waals surface area (Å²) in [6.07, 6.45) is -0.763. The van der Waals surface area contributed by atoms with E-state index < -0.39 is 6.23 Å². The molecule has 3 aromatic heterocycles. The van der Waals surface area contributed by atoms with Crippen LogP contribution in [0.3, 0.4) is 0 Å². The first kappa shape index (κ1) is 15.1. The van der Waals surface area contributed by atoms with Crippen LogP contribution in [0.15, 0.2) is 29.0 Å². The number of fused-ring (bicyclic) bond motifs is 1. The molecule has 0 aliphatic carbocycles. The summed E-state index contributed by atoms with van der Waals surface area (Å²) >= 11 is 2.83. The van der Waals surface area contributed by atoms with Crippen molar-refractivity contribution in [1.29, 1.82) is 0 Å². The van der Waals surface area contributed by atoms with E-state index in [2.05, 4.69) is 15.3 Å². The molecule has 3 aromatic rings. The van der Waals surface area contributed by atoms with E-state index in [0.717, 1.165) is 4.70 Å². The zero-order valence-electron chi connectivity index (χ0n) is 12.1. The molecule has 0 aliphatic rings. The predicted octanol–water partition coefficient (Wildman–Crippen LogP) is 3.37. The number of hydrogen-bond acceptors (Lipinski definition) is 7. The maximum Gasteiger partial charge on any atom is 0.226 e. The predicted molar refractivity (Wildman–Crippen MR) is 89.6 cm³/mol. The van der Waals surface area contributed by atoms with Crippen LogP contribution in [0, 0.1) is 5.92 Å². The van der Waals surface area contributed by atoms with E-state index in [0.29, 0.717) is 16.1 Å². The molecule has 5 nitrogen and oxygen atoms in total. The van der Waals surface area contributed by atoms with Crippen LogP contribution in [0.25, 0.3) is 10.2 Å². The standard InChI is InChI=1S/C15H15N3O2S2/c1-8(2)14(20)18-15-16-9-5-7-22-13(9)11(17-15)12(19)10-4-3-6-21-10/h3-8,14,20H,1-2H3,(H,16,17,18). The van der Waals surface area contributed by atoms with Gasteiger partial charge < -0.3 is 10.4 Å². The average Bonchev–Trinajstić information content (AvgIpc) is 3.16. The quantitative estimate of drug-likeness (QED) is 0.553. The van der Waals surface area contributed by atoms with Crippen LogP contribution in [0.1, 0.15) is 29.2 Å². The summed E-state index contributed by atoms with van der Waals surface area (Å²) in [7, 11) is 0. The fraction of sp³-hybridized carbons (Fsp3) is 0.267. The number of nitrogens with one attached hydrogen (secondary N) is 1. The molecular weight excluding hydrogens is 318 g/mol. The van der Waals surface area contributed by atoms with Crippen LogP contribution in [0.5, 0.6) is 0 Å². The van der Waals surface area contributed by atoms with Crippen molar-refractivity contribution in [2.24, 2.45) is 5.92 Å². The molecule has 2 N–H and O–H groups in total. The van der Waals surface area contributed by atoms with Crippen molar-refractivity contribution in [3.63, 3.8) is 0 Å². The second-order valence-electron chi connectivity index (χ2n) is 5.17. The molecule has 0 spiro atoms. The fourth-order valence-electron chi connectivity index (χ4n) is 1.91. The van der Waals surface area contributed by atoms with Crippen LogP contribution in [0.2, 0.25) is 0 Å². The summed E-state index contributed by atoms with van der Waals surface area (Å²) in [6.45, 7) is 3.77. The van der Waals surface area contributed by atoms with Crippen molar-refractivity contribution >= 4 is 44.6 Å². The number of ketones is 1. The van der Waals surface area contributed by atoms with Crippen LogP contribution >= 0.6 is 22.7 Å². The molecule has 3 rings (SSSR count). The van der Waals surface area contributed by atoms with Crippen molar-refractivity contribution in [2.45, 2.75) is 20.1 Å². The largest absolute Gasteiger partial charge is 0.373 e. The van der Waals surface area contributed by atoms with Gasteiger partial charge in [0.25, 0.3) is 0 Å². The molecule has 114 valence electrons. The van der Waals surface area contributed by atoms with Crippen molar-refractivity contribution < 1.29 is 9.90 Å². The molecule has 0 radical (unpaired) electrons.